The SMILES string of the molecule is C[C@H](CCC(=O)O)[C@@H]1CC[C@@H]2[C@H]3CC[C@H]4CC(=O)CC[C@]4(C)[C@@H]3CC(=O)[C@]21C. The molecule has 8 atom stereocenters. The van der Waals surface area contributed by atoms with Crippen molar-refractivity contribution in [1.82, 2.24) is 0 Å². The van der Waals surface area contributed by atoms with Crippen molar-refractivity contribution in [1.29, 1.82) is 0 Å². The van der Waals surface area contributed by atoms with Crippen molar-refractivity contribution < 1.29 is 19.5 Å². The van der Waals surface area contributed by atoms with Gasteiger partial charge in [0.25, 0.3) is 0 Å². The fourth-order valence-corrected chi connectivity index (χ4v) is 8.25. The Morgan fingerprint density at radius 1 is 1.11 bits per heavy atom. The zero-order valence-electron chi connectivity index (χ0n) is 17.7. The predicted octanol–water partition coefficient (Wildman–Crippen LogP) is 4.89. The van der Waals surface area contributed by atoms with E-state index in [1.807, 2.05) is 0 Å². The third kappa shape index (κ3) is 2.89. The first-order valence-corrected chi connectivity index (χ1v) is 11.4. The summed E-state index contributed by atoms with van der Waals surface area (Å²) < 4.78 is 0. The second-order valence-corrected chi connectivity index (χ2v) is 10.9. The molecule has 0 saturated heterocycles. The minimum absolute atomic E-state index is 0.154. The fourth-order valence-electron chi connectivity index (χ4n) is 8.25. The van der Waals surface area contributed by atoms with Gasteiger partial charge in [0, 0.05) is 31.1 Å². The number of aliphatic carboxylic acids is 1. The Balaban J connectivity index is 1.58. The highest BCUT2D eigenvalue weighted by Crippen LogP contribution is 2.67. The average Bonchev–Trinajstić information content (AvgIpc) is 3.00. The van der Waals surface area contributed by atoms with Crippen LogP contribution in [0.5, 0.6) is 0 Å². The van der Waals surface area contributed by atoms with E-state index in [9.17, 15) is 14.4 Å². The number of Topliss-reactive ketones (excluding diaryl/α,β-unsaturated/α-hetero) is 2. The van der Waals surface area contributed by atoms with Gasteiger partial charge < -0.3 is 5.11 Å². The van der Waals surface area contributed by atoms with Gasteiger partial charge in [0.05, 0.1) is 0 Å². The van der Waals surface area contributed by atoms with Crippen molar-refractivity contribution in [2.24, 2.45) is 46.3 Å². The van der Waals surface area contributed by atoms with Gasteiger partial charge in [0.15, 0.2) is 0 Å². The molecule has 0 heterocycles. The number of carboxylic acids is 1. The summed E-state index contributed by atoms with van der Waals surface area (Å²) >= 11 is 0. The Kier molecular flexibility index (Phi) is 4.99. The van der Waals surface area contributed by atoms with Crippen LogP contribution in [0.4, 0.5) is 0 Å². The first-order chi connectivity index (χ1) is 13.2. The van der Waals surface area contributed by atoms with E-state index >= 15 is 0 Å². The zero-order valence-corrected chi connectivity index (χ0v) is 17.7. The van der Waals surface area contributed by atoms with Gasteiger partial charge in [-0.05, 0) is 79.4 Å². The minimum Gasteiger partial charge on any atom is -0.481 e. The van der Waals surface area contributed by atoms with Crippen molar-refractivity contribution in [2.75, 3.05) is 0 Å². The highest BCUT2D eigenvalue weighted by atomic mass is 16.4. The number of hydrogen-bond donors (Lipinski definition) is 1. The van der Waals surface area contributed by atoms with Crippen LogP contribution in [-0.4, -0.2) is 22.6 Å². The summed E-state index contributed by atoms with van der Waals surface area (Å²) in [5, 5.41) is 9.07. The molecule has 4 aliphatic rings. The van der Waals surface area contributed by atoms with E-state index in [1.54, 1.807) is 0 Å². The van der Waals surface area contributed by atoms with Gasteiger partial charge >= 0.3 is 5.97 Å². The van der Waals surface area contributed by atoms with Crippen LogP contribution in [0.15, 0.2) is 0 Å². The maximum Gasteiger partial charge on any atom is 0.303 e. The van der Waals surface area contributed by atoms with Crippen molar-refractivity contribution in [3.63, 3.8) is 0 Å². The van der Waals surface area contributed by atoms with Crippen molar-refractivity contribution >= 4 is 17.5 Å². The Bertz CT molecular complexity index is 684. The lowest BCUT2D eigenvalue weighted by molar-refractivity contribution is -0.159. The van der Waals surface area contributed by atoms with Crippen LogP contribution in [-0.2, 0) is 14.4 Å². The topological polar surface area (TPSA) is 71.4 Å². The predicted molar refractivity (Wildman–Crippen MR) is 107 cm³/mol. The lowest BCUT2D eigenvalue weighted by Crippen LogP contribution is -2.57. The van der Waals surface area contributed by atoms with E-state index in [-0.39, 0.29) is 23.2 Å². The smallest absolute Gasteiger partial charge is 0.303 e. The van der Waals surface area contributed by atoms with Crippen LogP contribution in [0.3, 0.4) is 0 Å². The first-order valence-electron chi connectivity index (χ1n) is 11.4. The molecule has 156 valence electrons. The molecule has 0 spiro atoms. The van der Waals surface area contributed by atoms with Crippen LogP contribution in [0.2, 0.25) is 0 Å². The summed E-state index contributed by atoms with van der Waals surface area (Å²) in [6.45, 7) is 6.74. The third-order valence-electron chi connectivity index (χ3n) is 9.91. The largest absolute Gasteiger partial charge is 0.481 e. The van der Waals surface area contributed by atoms with E-state index in [4.69, 9.17) is 5.11 Å². The number of ketones is 2. The molecule has 0 radical (unpaired) electrons. The summed E-state index contributed by atoms with van der Waals surface area (Å²) in [5.74, 6) is 2.69. The highest BCUT2D eigenvalue weighted by molar-refractivity contribution is 5.87. The quantitative estimate of drug-likeness (QED) is 0.744. The molecule has 4 nitrogen and oxygen atoms in total. The van der Waals surface area contributed by atoms with Crippen molar-refractivity contribution in [3.05, 3.63) is 0 Å². The molecule has 0 aliphatic heterocycles. The summed E-state index contributed by atoms with van der Waals surface area (Å²) in [6.07, 6.45) is 8.43. The molecule has 28 heavy (non-hydrogen) atoms. The third-order valence-corrected chi connectivity index (χ3v) is 9.91. The van der Waals surface area contributed by atoms with Gasteiger partial charge in [0.1, 0.15) is 11.6 Å². The van der Waals surface area contributed by atoms with Crippen molar-refractivity contribution in [3.8, 4) is 0 Å². The monoisotopic (exact) mass is 388 g/mol. The summed E-state index contributed by atoms with van der Waals surface area (Å²) in [4.78, 5) is 36.7. The van der Waals surface area contributed by atoms with E-state index in [0.29, 0.717) is 60.4 Å². The van der Waals surface area contributed by atoms with Crippen LogP contribution >= 0.6 is 0 Å². The van der Waals surface area contributed by atoms with Gasteiger partial charge in [-0.15, -0.1) is 0 Å². The van der Waals surface area contributed by atoms with Crippen LogP contribution in [0.1, 0.15) is 85.0 Å². The van der Waals surface area contributed by atoms with E-state index in [1.165, 1.54) is 6.42 Å². The standard InChI is InChI=1S/C24H36O4/c1-14(4-9-22(27)28)18-7-8-19-17-6-5-15-12-16(25)10-11-23(15,2)20(17)13-21(26)24(18,19)3/h14-15,17-20H,4-13H2,1-3H3,(H,27,28)/t14-,15+,17-,18+,19-,20-,23+,24+/m1/s1. The molecule has 4 rings (SSSR count). The molecule has 4 fully saturated rings. The van der Waals surface area contributed by atoms with Gasteiger partial charge in [-0.25, -0.2) is 0 Å². The van der Waals surface area contributed by atoms with Gasteiger partial charge in [-0.2, -0.15) is 0 Å². The maximum absolute atomic E-state index is 13.6. The lowest BCUT2D eigenvalue weighted by Gasteiger charge is -2.59. The van der Waals surface area contributed by atoms with Gasteiger partial charge in [-0.3, -0.25) is 14.4 Å². The number of hydrogen-bond acceptors (Lipinski definition) is 3. The molecule has 0 aromatic heterocycles. The Morgan fingerprint density at radius 3 is 2.57 bits per heavy atom. The summed E-state index contributed by atoms with van der Waals surface area (Å²) in [5.41, 5.74) is -0.117. The van der Waals surface area contributed by atoms with E-state index in [0.717, 1.165) is 32.1 Å². The molecule has 4 heteroatoms. The van der Waals surface area contributed by atoms with Gasteiger partial charge in [-0.1, -0.05) is 20.8 Å². The average molecular weight is 389 g/mol. The number of fused-ring (bicyclic) bond motifs is 5. The molecule has 0 aromatic rings. The molecule has 1 N–H and O–H groups in total. The molecule has 4 aliphatic carbocycles. The molecular formula is C24H36O4. The normalized spacial score (nSPS) is 46.5. The van der Waals surface area contributed by atoms with E-state index < -0.39 is 5.97 Å². The second-order valence-electron chi connectivity index (χ2n) is 10.9. The molecular weight excluding hydrogens is 352 g/mol. The van der Waals surface area contributed by atoms with Crippen LogP contribution < -0.4 is 0 Å². The summed E-state index contributed by atoms with van der Waals surface area (Å²) in [7, 11) is 0. The number of carbonyl (C=O) groups excluding carboxylic acids is 2. The van der Waals surface area contributed by atoms with Crippen LogP contribution in [0.25, 0.3) is 0 Å². The van der Waals surface area contributed by atoms with Gasteiger partial charge in [0.2, 0.25) is 0 Å². The minimum atomic E-state index is -0.736. The first kappa shape index (κ1) is 20.1. The molecule has 0 amide bonds. The fraction of sp³-hybridized carbons (Fsp3) is 0.875. The Labute approximate surface area is 168 Å². The maximum atomic E-state index is 13.6. The molecule has 4 saturated carbocycles. The van der Waals surface area contributed by atoms with Crippen molar-refractivity contribution in [2.45, 2.75) is 85.0 Å². The number of carboxylic acid groups (broad SMARTS) is 1. The number of rotatable bonds is 4. The Morgan fingerprint density at radius 2 is 1.86 bits per heavy atom. The Hall–Kier alpha value is -1.19. The number of carbonyl (C=O) groups is 3. The molecule has 0 unspecified atom stereocenters. The second kappa shape index (κ2) is 6.95. The zero-order chi connectivity index (χ0) is 20.3. The summed E-state index contributed by atoms with van der Waals surface area (Å²) in [6, 6.07) is 0. The molecule has 0 aromatic carbocycles. The lowest BCUT2D eigenvalue weighted by atomic mass is 9.44. The highest BCUT2D eigenvalue weighted by Gasteiger charge is 2.63. The molecule has 0 bridgehead atoms. The van der Waals surface area contributed by atoms with E-state index in [2.05, 4.69) is 20.8 Å². The van der Waals surface area contributed by atoms with Crippen LogP contribution in [0, 0.1) is 46.3 Å².